The molecule has 1 aromatic rings. The maximum Gasteiger partial charge on any atom is 0.182 e. The normalized spacial score (nSPS) is 10.2. The first-order valence-electron chi connectivity index (χ1n) is 3.74. The number of nitrogens with two attached hydrogens (primary N) is 1. The van der Waals surface area contributed by atoms with Gasteiger partial charge in [0.2, 0.25) is 0 Å². The number of methoxy groups -OCH3 is 1. The van der Waals surface area contributed by atoms with Gasteiger partial charge < -0.3 is 15.8 Å². The number of thiazole rings is 1. The van der Waals surface area contributed by atoms with Crippen molar-refractivity contribution in [1.82, 2.24) is 4.98 Å². The molecule has 0 aliphatic carbocycles. The van der Waals surface area contributed by atoms with Crippen LogP contribution in [0.15, 0.2) is 5.38 Å². The van der Waals surface area contributed by atoms with E-state index in [-0.39, 0.29) is 0 Å². The van der Waals surface area contributed by atoms with E-state index < -0.39 is 0 Å². The average Bonchev–Trinajstić information content (AvgIpc) is 2.53. The second-order valence-electron chi connectivity index (χ2n) is 2.27. The SMILES string of the molecule is COCCNc1nc(CN)cs1. The van der Waals surface area contributed by atoms with Gasteiger partial charge in [-0.25, -0.2) is 4.98 Å². The van der Waals surface area contributed by atoms with E-state index in [1.165, 1.54) is 0 Å². The van der Waals surface area contributed by atoms with E-state index in [1.54, 1.807) is 18.4 Å². The van der Waals surface area contributed by atoms with Crippen LogP contribution in [0, 0.1) is 0 Å². The van der Waals surface area contributed by atoms with Gasteiger partial charge in [0.1, 0.15) is 0 Å². The predicted octanol–water partition coefficient (Wildman–Crippen LogP) is 0.660. The molecule has 3 N–H and O–H groups in total. The van der Waals surface area contributed by atoms with Crippen molar-refractivity contribution in [2.45, 2.75) is 6.54 Å². The van der Waals surface area contributed by atoms with E-state index in [2.05, 4.69) is 10.3 Å². The summed E-state index contributed by atoms with van der Waals surface area (Å²) >= 11 is 1.57. The fraction of sp³-hybridized carbons (Fsp3) is 0.571. The lowest BCUT2D eigenvalue weighted by Crippen LogP contribution is -2.07. The Morgan fingerprint density at radius 2 is 2.58 bits per heavy atom. The van der Waals surface area contributed by atoms with E-state index in [0.717, 1.165) is 17.4 Å². The highest BCUT2D eigenvalue weighted by molar-refractivity contribution is 7.13. The third kappa shape index (κ3) is 2.77. The lowest BCUT2D eigenvalue weighted by atomic mass is 10.5. The Kier molecular flexibility index (Phi) is 3.99. The minimum atomic E-state index is 0.502. The first-order chi connectivity index (χ1) is 5.86. The number of hydrogen-bond donors (Lipinski definition) is 2. The summed E-state index contributed by atoms with van der Waals surface area (Å²) in [6, 6.07) is 0. The molecular formula is C7H13N3OS. The highest BCUT2D eigenvalue weighted by Crippen LogP contribution is 2.13. The minimum Gasteiger partial charge on any atom is -0.383 e. The third-order valence-corrected chi connectivity index (χ3v) is 2.19. The summed E-state index contributed by atoms with van der Waals surface area (Å²) in [4.78, 5) is 4.23. The second kappa shape index (κ2) is 5.08. The molecule has 0 bridgehead atoms. The highest BCUT2D eigenvalue weighted by Gasteiger charge is 1.97. The van der Waals surface area contributed by atoms with Gasteiger partial charge in [-0.2, -0.15) is 0 Å². The lowest BCUT2D eigenvalue weighted by Gasteiger charge is -1.99. The number of aromatic nitrogens is 1. The third-order valence-electron chi connectivity index (χ3n) is 1.34. The van der Waals surface area contributed by atoms with Gasteiger partial charge in [0.15, 0.2) is 5.13 Å². The van der Waals surface area contributed by atoms with Crippen LogP contribution >= 0.6 is 11.3 Å². The van der Waals surface area contributed by atoms with Gasteiger partial charge in [-0.15, -0.1) is 11.3 Å². The van der Waals surface area contributed by atoms with Crippen LogP contribution in [-0.2, 0) is 11.3 Å². The summed E-state index contributed by atoms with van der Waals surface area (Å²) in [6.07, 6.45) is 0. The van der Waals surface area contributed by atoms with Crippen molar-refractivity contribution in [3.63, 3.8) is 0 Å². The Bertz CT molecular complexity index is 226. The maximum absolute atomic E-state index is 5.41. The number of ether oxygens (including phenoxy) is 1. The van der Waals surface area contributed by atoms with Crippen molar-refractivity contribution < 1.29 is 4.74 Å². The molecule has 0 spiro atoms. The predicted molar refractivity (Wildman–Crippen MR) is 50.4 cm³/mol. The molecule has 0 atom stereocenters. The number of anilines is 1. The highest BCUT2D eigenvalue weighted by atomic mass is 32.1. The molecular weight excluding hydrogens is 174 g/mol. The summed E-state index contributed by atoms with van der Waals surface area (Å²) < 4.78 is 4.89. The van der Waals surface area contributed by atoms with Crippen LogP contribution in [-0.4, -0.2) is 25.2 Å². The monoisotopic (exact) mass is 187 g/mol. The van der Waals surface area contributed by atoms with Crippen LogP contribution in [0.3, 0.4) is 0 Å². The molecule has 0 aromatic carbocycles. The van der Waals surface area contributed by atoms with Crippen molar-refractivity contribution in [3.05, 3.63) is 11.1 Å². The molecule has 1 heterocycles. The molecule has 0 saturated carbocycles. The van der Waals surface area contributed by atoms with Crippen molar-refractivity contribution in [2.75, 3.05) is 25.6 Å². The van der Waals surface area contributed by atoms with E-state index in [0.29, 0.717) is 13.2 Å². The van der Waals surface area contributed by atoms with E-state index in [9.17, 15) is 0 Å². The zero-order valence-electron chi connectivity index (χ0n) is 7.04. The Balaban J connectivity index is 2.31. The Morgan fingerprint density at radius 1 is 1.75 bits per heavy atom. The molecule has 0 radical (unpaired) electrons. The molecule has 4 nitrogen and oxygen atoms in total. The second-order valence-corrected chi connectivity index (χ2v) is 3.13. The molecule has 1 aromatic heterocycles. The van der Waals surface area contributed by atoms with Gasteiger partial charge in [0.25, 0.3) is 0 Å². The van der Waals surface area contributed by atoms with Gasteiger partial charge in [-0.05, 0) is 0 Å². The van der Waals surface area contributed by atoms with Crippen molar-refractivity contribution in [1.29, 1.82) is 0 Å². The Hall–Kier alpha value is -0.650. The average molecular weight is 187 g/mol. The molecule has 0 aliphatic rings. The van der Waals surface area contributed by atoms with E-state index in [1.807, 2.05) is 5.38 Å². The summed E-state index contributed by atoms with van der Waals surface area (Å²) in [5.74, 6) is 0. The largest absolute Gasteiger partial charge is 0.383 e. The zero-order chi connectivity index (χ0) is 8.81. The van der Waals surface area contributed by atoms with E-state index >= 15 is 0 Å². The molecule has 68 valence electrons. The molecule has 5 heteroatoms. The Morgan fingerprint density at radius 3 is 3.17 bits per heavy atom. The summed E-state index contributed by atoms with van der Waals surface area (Å²) in [6.45, 7) is 1.98. The standard InChI is InChI=1S/C7H13N3OS/c1-11-3-2-9-7-10-6(4-8)5-12-7/h5H,2-4,8H2,1H3,(H,9,10). The minimum absolute atomic E-state index is 0.502. The molecule has 0 fully saturated rings. The van der Waals surface area contributed by atoms with Crippen LogP contribution in [0.1, 0.15) is 5.69 Å². The van der Waals surface area contributed by atoms with Gasteiger partial charge >= 0.3 is 0 Å². The number of nitrogens with one attached hydrogen (secondary N) is 1. The molecule has 0 saturated heterocycles. The Labute approximate surface area is 75.8 Å². The molecule has 0 aliphatic heterocycles. The van der Waals surface area contributed by atoms with Crippen LogP contribution in [0.2, 0.25) is 0 Å². The first-order valence-corrected chi connectivity index (χ1v) is 4.62. The summed E-state index contributed by atoms with van der Waals surface area (Å²) in [5, 5.41) is 5.99. The van der Waals surface area contributed by atoms with Crippen LogP contribution in [0.5, 0.6) is 0 Å². The van der Waals surface area contributed by atoms with E-state index in [4.69, 9.17) is 10.5 Å². The molecule has 1 rings (SSSR count). The van der Waals surface area contributed by atoms with Gasteiger partial charge in [-0.3, -0.25) is 0 Å². The van der Waals surface area contributed by atoms with Crippen molar-refractivity contribution >= 4 is 16.5 Å². The van der Waals surface area contributed by atoms with Crippen LogP contribution in [0.25, 0.3) is 0 Å². The topological polar surface area (TPSA) is 60.2 Å². The number of rotatable bonds is 5. The molecule has 0 unspecified atom stereocenters. The van der Waals surface area contributed by atoms with Crippen molar-refractivity contribution in [3.8, 4) is 0 Å². The summed E-state index contributed by atoms with van der Waals surface area (Å²) in [5.41, 5.74) is 6.34. The number of nitrogens with zero attached hydrogens (tertiary/aromatic N) is 1. The fourth-order valence-electron chi connectivity index (χ4n) is 0.742. The van der Waals surface area contributed by atoms with Crippen LogP contribution in [0.4, 0.5) is 5.13 Å². The van der Waals surface area contributed by atoms with Crippen LogP contribution < -0.4 is 11.1 Å². The fourth-order valence-corrected chi connectivity index (χ4v) is 1.49. The lowest BCUT2D eigenvalue weighted by molar-refractivity contribution is 0.211. The maximum atomic E-state index is 5.41. The molecule has 12 heavy (non-hydrogen) atoms. The summed E-state index contributed by atoms with van der Waals surface area (Å²) in [7, 11) is 1.68. The zero-order valence-corrected chi connectivity index (χ0v) is 7.86. The van der Waals surface area contributed by atoms with Gasteiger partial charge in [0, 0.05) is 25.6 Å². The number of hydrogen-bond acceptors (Lipinski definition) is 5. The van der Waals surface area contributed by atoms with Gasteiger partial charge in [0.05, 0.1) is 12.3 Å². The van der Waals surface area contributed by atoms with Gasteiger partial charge in [-0.1, -0.05) is 0 Å². The quantitative estimate of drug-likeness (QED) is 0.665. The molecule has 0 amide bonds. The first kappa shape index (κ1) is 9.44. The smallest absolute Gasteiger partial charge is 0.182 e. The van der Waals surface area contributed by atoms with Crippen molar-refractivity contribution in [2.24, 2.45) is 5.73 Å².